The van der Waals surface area contributed by atoms with Gasteiger partial charge in [-0.2, -0.15) is 0 Å². The Balaban J connectivity index is 1.60. The molecule has 0 spiro atoms. The van der Waals surface area contributed by atoms with E-state index in [0.29, 0.717) is 22.6 Å². The standard InChI is InChI=1S/C25H23NO5/c1-4-12-29-23(27)15-30-21-11-10-19-24(28)22(31-25(19)16(21)3)13-17-14-26(5-2)20-9-7-6-8-18(17)20/h4,6-11,13-14H,1,5,12,15H2,2-3H3/b22-13-. The van der Waals surface area contributed by atoms with Gasteiger partial charge in [-0.25, -0.2) is 4.79 Å². The second-order valence-electron chi connectivity index (χ2n) is 7.15. The first kappa shape index (κ1) is 20.5. The number of esters is 1. The van der Waals surface area contributed by atoms with Crippen molar-refractivity contribution >= 4 is 28.7 Å². The minimum atomic E-state index is -0.496. The molecular formula is C25H23NO5. The molecule has 31 heavy (non-hydrogen) atoms. The van der Waals surface area contributed by atoms with Gasteiger partial charge >= 0.3 is 5.97 Å². The smallest absolute Gasteiger partial charge is 0.344 e. The number of ether oxygens (including phenoxy) is 3. The lowest BCUT2D eigenvalue weighted by molar-refractivity contribution is -0.144. The van der Waals surface area contributed by atoms with Crippen molar-refractivity contribution in [1.29, 1.82) is 0 Å². The lowest BCUT2D eigenvalue weighted by Crippen LogP contribution is -2.15. The highest BCUT2D eigenvalue weighted by Crippen LogP contribution is 2.39. The van der Waals surface area contributed by atoms with Gasteiger partial charge in [0.1, 0.15) is 18.1 Å². The maximum atomic E-state index is 12.9. The van der Waals surface area contributed by atoms with Crippen LogP contribution in [-0.2, 0) is 16.1 Å². The van der Waals surface area contributed by atoms with Crippen molar-refractivity contribution in [2.45, 2.75) is 20.4 Å². The molecule has 1 aromatic heterocycles. The number of aromatic nitrogens is 1. The van der Waals surface area contributed by atoms with Crippen LogP contribution in [0.15, 0.2) is 61.0 Å². The van der Waals surface area contributed by atoms with Crippen LogP contribution in [0.5, 0.6) is 11.5 Å². The number of hydrogen-bond acceptors (Lipinski definition) is 5. The average Bonchev–Trinajstić information content (AvgIpc) is 3.30. The van der Waals surface area contributed by atoms with Crippen LogP contribution in [0.1, 0.15) is 28.4 Å². The number of Topliss-reactive ketones (excluding diaryl/α,β-unsaturated/α-hetero) is 1. The fourth-order valence-electron chi connectivity index (χ4n) is 3.65. The normalized spacial score (nSPS) is 13.9. The van der Waals surface area contributed by atoms with Crippen molar-refractivity contribution in [1.82, 2.24) is 4.57 Å². The lowest BCUT2D eigenvalue weighted by atomic mass is 10.1. The van der Waals surface area contributed by atoms with Crippen LogP contribution in [-0.4, -0.2) is 29.5 Å². The number of allylic oxidation sites excluding steroid dienone is 1. The van der Waals surface area contributed by atoms with Crippen LogP contribution in [0, 0.1) is 6.92 Å². The fourth-order valence-corrected chi connectivity index (χ4v) is 3.65. The summed E-state index contributed by atoms with van der Waals surface area (Å²) >= 11 is 0. The zero-order chi connectivity index (χ0) is 22.0. The van der Waals surface area contributed by atoms with Gasteiger partial charge in [-0.1, -0.05) is 30.9 Å². The molecule has 1 aliphatic heterocycles. The summed E-state index contributed by atoms with van der Waals surface area (Å²) in [5.74, 6) is 0.506. The Labute approximate surface area is 180 Å². The van der Waals surface area contributed by atoms with Gasteiger partial charge in [0.15, 0.2) is 12.4 Å². The topological polar surface area (TPSA) is 66.8 Å². The molecule has 0 saturated carbocycles. The number of nitrogens with zero attached hydrogens (tertiary/aromatic N) is 1. The molecule has 1 aliphatic rings. The number of para-hydroxylation sites is 1. The first-order valence-corrected chi connectivity index (χ1v) is 10.1. The average molecular weight is 417 g/mol. The lowest BCUT2D eigenvalue weighted by Gasteiger charge is -2.10. The van der Waals surface area contributed by atoms with Crippen LogP contribution < -0.4 is 9.47 Å². The van der Waals surface area contributed by atoms with E-state index in [1.54, 1.807) is 25.1 Å². The number of fused-ring (bicyclic) bond motifs is 2. The summed E-state index contributed by atoms with van der Waals surface area (Å²) in [5.41, 5.74) is 3.16. The highest BCUT2D eigenvalue weighted by atomic mass is 16.6. The van der Waals surface area contributed by atoms with E-state index in [2.05, 4.69) is 24.1 Å². The van der Waals surface area contributed by atoms with Gasteiger partial charge in [-0.3, -0.25) is 4.79 Å². The second-order valence-corrected chi connectivity index (χ2v) is 7.15. The number of benzene rings is 2. The van der Waals surface area contributed by atoms with Gasteiger partial charge in [0.25, 0.3) is 0 Å². The molecule has 158 valence electrons. The first-order chi connectivity index (χ1) is 15.0. The van der Waals surface area contributed by atoms with Crippen molar-refractivity contribution in [2.24, 2.45) is 0 Å². The quantitative estimate of drug-likeness (QED) is 0.317. The molecule has 0 unspecified atom stereocenters. The molecule has 6 nitrogen and oxygen atoms in total. The van der Waals surface area contributed by atoms with Crippen LogP contribution in [0.2, 0.25) is 0 Å². The van der Waals surface area contributed by atoms with Crippen LogP contribution in [0.25, 0.3) is 17.0 Å². The monoisotopic (exact) mass is 417 g/mol. The largest absolute Gasteiger partial charge is 0.481 e. The zero-order valence-corrected chi connectivity index (χ0v) is 17.5. The third-order valence-corrected chi connectivity index (χ3v) is 5.19. The van der Waals surface area contributed by atoms with Crippen LogP contribution in [0.4, 0.5) is 0 Å². The SMILES string of the molecule is C=CCOC(=O)COc1ccc2c(c1C)O/C(=C\c1cn(CC)c3ccccc13)C2=O. The van der Waals surface area contributed by atoms with Gasteiger partial charge in [0.05, 0.1) is 5.56 Å². The van der Waals surface area contributed by atoms with E-state index in [1.165, 1.54) is 6.08 Å². The molecule has 0 fully saturated rings. The first-order valence-electron chi connectivity index (χ1n) is 10.1. The van der Waals surface area contributed by atoms with Gasteiger partial charge in [-0.05, 0) is 38.1 Å². The van der Waals surface area contributed by atoms with Gasteiger partial charge < -0.3 is 18.8 Å². The number of rotatable bonds is 7. The Kier molecular flexibility index (Phi) is 5.62. The summed E-state index contributed by atoms with van der Waals surface area (Å²) in [6, 6.07) is 11.4. The summed E-state index contributed by atoms with van der Waals surface area (Å²) < 4.78 is 18.6. The van der Waals surface area contributed by atoms with Crippen molar-refractivity contribution < 1.29 is 23.8 Å². The Bertz CT molecular complexity index is 1220. The highest BCUT2D eigenvalue weighted by molar-refractivity contribution is 6.15. The number of aryl methyl sites for hydroxylation is 1. The maximum Gasteiger partial charge on any atom is 0.344 e. The molecular weight excluding hydrogens is 394 g/mol. The van der Waals surface area contributed by atoms with Gasteiger partial charge in [-0.15, -0.1) is 0 Å². The Morgan fingerprint density at radius 2 is 2.03 bits per heavy atom. The van der Waals surface area contributed by atoms with Crippen molar-refractivity contribution in [3.63, 3.8) is 0 Å². The molecule has 0 saturated heterocycles. The predicted molar refractivity (Wildman–Crippen MR) is 118 cm³/mol. The minimum Gasteiger partial charge on any atom is -0.481 e. The summed E-state index contributed by atoms with van der Waals surface area (Å²) in [6.07, 6.45) is 5.29. The molecule has 3 aromatic rings. The Morgan fingerprint density at radius 3 is 2.81 bits per heavy atom. The molecule has 4 rings (SSSR count). The van der Waals surface area contributed by atoms with Gasteiger partial charge in [0.2, 0.25) is 5.78 Å². The summed E-state index contributed by atoms with van der Waals surface area (Å²) in [5, 5.41) is 1.06. The highest BCUT2D eigenvalue weighted by Gasteiger charge is 2.30. The van der Waals surface area contributed by atoms with E-state index < -0.39 is 5.97 Å². The summed E-state index contributed by atoms with van der Waals surface area (Å²) in [4.78, 5) is 24.6. The van der Waals surface area contributed by atoms with E-state index in [1.807, 2.05) is 24.4 Å². The molecule has 0 atom stereocenters. The van der Waals surface area contributed by atoms with Gasteiger partial charge in [0, 0.05) is 34.8 Å². The fraction of sp³-hybridized carbons (Fsp3) is 0.200. The van der Waals surface area contributed by atoms with Crippen molar-refractivity contribution in [2.75, 3.05) is 13.2 Å². The molecule has 6 heteroatoms. The predicted octanol–water partition coefficient (Wildman–Crippen LogP) is 4.69. The van der Waals surface area contributed by atoms with Crippen LogP contribution >= 0.6 is 0 Å². The molecule has 0 radical (unpaired) electrons. The molecule has 0 aliphatic carbocycles. The Morgan fingerprint density at radius 1 is 1.23 bits per heavy atom. The maximum absolute atomic E-state index is 12.9. The zero-order valence-electron chi connectivity index (χ0n) is 17.5. The number of carbonyl (C=O) groups excluding carboxylic acids is 2. The van der Waals surface area contributed by atoms with Crippen LogP contribution in [0.3, 0.4) is 0 Å². The van der Waals surface area contributed by atoms with Crippen molar-refractivity contribution in [3.05, 3.63) is 77.7 Å². The Hall–Kier alpha value is -3.80. The number of ketones is 1. The van der Waals surface area contributed by atoms with E-state index in [4.69, 9.17) is 14.2 Å². The van der Waals surface area contributed by atoms with E-state index in [-0.39, 0.29) is 24.8 Å². The third kappa shape index (κ3) is 3.84. The third-order valence-electron chi connectivity index (χ3n) is 5.19. The summed E-state index contributed by atoms with van der Waals surface area (Å²) in [7, 11) is 0. The molecule has 2 heterocycles. The van der Waals surface area contributed by atoms with E-state index in [0.717, 1.165) is 23.0 Å². The van der Waals surface area contributed by atoms with E-state index >= 15 is 0 Å². The number of hydrogen-bond donors (Lipinski definition) is 0. The van der Waals surface area contributed by atoms with E-state index in [9.17, 15) is 9.59 Å². The molecule has 0 N–H and O–H groups in total. The van der Waals surface area contributed by atoms with Crippen molar-refractivity contribution in [3.8, 4) is 11.5 Å². The molecule has 0 bridgehead atoms. The minimum absolute atomic E-state index is 0.131. The number of carbonyl (C=O) groups is 2. The molecule has 2 aromatic carbocycles. The summed E-state index contributed by atoms with van der Waals surface area (Å²) in [6.45, 7) is 8.09. The molecule has 0 amide bonds. The second kappa shape index (κ2) is 8.52.